The van der Waals surface area contributed by atoms with Crippen molar-refractivity contribution in [3.63, 3.8) is 0 Å². The molecule has 20 heavy (non-hydrogen) atoms. The largest absolute Gasteiger partial charge is 0.465 e. The van der Waals surface area contributed by atoms with Gasteiger partial charge in [0, 0.05) is 12.6 Å². The molecular weight excluding hydrogens is 264 g/mol. The van der Waals surface area contributed by atoms with Crippen LogP contribution >= 0.6 is 0 Å². The Morgan fingerprint density at radius 1 is 1.55 bits per heavy atom. The third kappa shape index (κ3) is 3.92. The van der Waals surface area contributed by atoms with E-state index in [4.69, 9.17) is 0 Å². The molecule has 1 unspecified atom stereocenters. The Hall–Kier alpha value is -2.15. The number of nitrogens with zero attached hydrogens (tertiary/aromatic N) is 1. The van der Waals surface area contributed by atoms with Crippen molar-refractivity contribution in [2.75, 3.05) is 19.0 Å². The Bertz CT molecular complexity index is 513. The number of nitro benzene ring substituents is 1. The lowest BCUT2D eigenvalue weighted by atomic mass is 10.0. The number of aliphatic hydroxyl groups is 1. The van der Waals surface area contributed by atoms with Crippen LogP contribution in [0, 0.1) is 10.1 Å². The fraction of sp³-hybridized carbons (Fsp3) is 0.462. The molecule has 1 atom stereocenters. The molecule has 110 valence electrons. The number of hydrogen-bond acceptors (Lipinski definition) is 6. The summed E-state index contributed by atoms with van der Waals surface area (Å²) in [6.45, 7) is 3.56. The molecule has 0 aliphatic heterocycles. The standard InChI is InChI=1S/C13H18N2O5/c1-4-13(2,17)8-14-10-7-9(12(16)20-3)5-6-11(10)15(18)19/h5-7,14,17H,4,8H2,1-3H3. The highest BCUT2D eigenvalue weighted by Crippen LogP contribution is 2.26. The monoisotopic (exact) mass is 282 g/mol. The zero-order valence-corrected chi connectivity index (χ0v) is 11.7. The molecule has 0 fully saturated rings. The Balaban J connectivity index is 3.06. The Labute approximate surface area is 116 Å². The lowest BCUT2D eigenvalue weighted by Gasteiger charge is -2.22. The zero-order valence-electron chi connectivity index (χ0n) is 11.7. The highest BCUT2D eigenvalue weighted by atomic mass is 16.6. The number of benzene rings is 1. The molecule has 1 aromatic carbocycles. The molecular formula is C13H18N2O5. The van der Waals surface area contributed by atoms with E-state index in [0.717, 1.165) is 0 Å². The molecule has 0 bridgehead atoms. The number of hydrogen-bond donors (Lipinski definition) is 2. The summed E-state index contributed by atoms with van der Waals surface area (Å²) in [4.78, 5) is 21.8. The van der Waals surface area contributed by atoms with E-state index in [0.29, 0.717) is 6.42 Å². The summed E-state index contributed by atoms with van der Waals surface area (Å²) in [6, 6.07) is 3.90. The molecule has 2 N–H and O–H groups in total. The first-order valence-corrected chi connectivity index (χ1v) is 6.13. The van der Waals surface area contributed by atoms with E-state index in [-0.39, 0.29) is 23.5 Å². The van der Waals surface area contributed by atoms with E-state index in [2.05, 4.69) is 10.1 Å². The van der Waals surface area contributed by atoms with Gasteiger partial charge in [0.2, 0.25) is 0 Å². The normalized spacial score (nSPS) is 13.4. The van der Waals surface area contributed by atoms with Crippen LogP contribution in [0.1, 0.15) is 30.6 Å². The minimum absolute atomic E-state index is 0.134. The summed E-state index contributed by atoms with van der Waals surface area (Å²) in [5, 5.41) is 23.7. The molecule has 7 heteroatoms. The van der Waals surface area contributed by atoms with Crippen LogP contribution in [0.3, 0.4) is 0 Å². The maximum Gasteiger partial charge on any atom is 0.337 e. The predicted octanol–water partition coefficient (Wildman–Crippen LogP) is 1.95. The number of ether oxygens (including phenoxy) is 1. The van der Waals surface area contributed by atoms with Crippen molar-refractivity contribution in [3.05, 3.63) is 33.9 Å². The first kappa shape index (κ1) is 15.9. The first-order chi connectivity index (χ1) is 9.30. The third-order valence-electron chi connectivity index (χ3n) is 3.04. The Morgan fingerprint density at radius 3 is 2.70 bits per heavy atom. The van der Waals surface area contributed by atoms with Gasteiger partial charge in [0.1, 0.15) is 5.69 Å². The summed E-state index contributed by atoms with van der Waals surface area (Å²) in [5.41, 5.74) is -0.775. The van der Waals surface area contributed by atoms with Crippen molar-refractivity contribution in [2.24, 2.45) is 0 Å². The van der Waals surface area contributed by atoms with Gasteiger partial charge in [-0.2, -0.15) is 0 Å². The van der Waals surface area contributed by atoms with Gasteiger partial charge in [-0.25, -0.2) is 4.79 Å². The van der Waals surface area contributed by atoms with Crippen LogP contribution in [0.4, 0.5) is 11.4 Å². The summed E-state index contributed by atoms with van der Waals surface area (Å²) in [6.07, 6.45) is 0.491. The van der Waals surface area contributed by atoms with Gasteiger partial charge in [-0.15, -0.1) is 0 Å². The number of esters is 1. The molecule has 1 aromatic rings. The number of anilines is 1. The first-order valence-electron chi connectivity index (χ1n) is 6.13. The molecule has 0 saturated carbocycles. The number of rotatable bonds is 6. The minimum Gasteiger partial charge on any atom is -0.465 e. The SMILES string of the molecule is CCC(C)(O)CNc1cc(C(=O)OC)ccc1[N+](=O)[O-]. The van der Waals surface area contributed by atoms with Crippen molar-refractivity contribution in [1.82, 2.24) is 0 Å². The lowest BCUT2D eigenvalue weighted by molar-refractivity contribution is -0.384. The van der Waals surface area contributed by atoms with Crippen molar-refractivity contribution < 1.29 is 19.6 Å². The fourth-order valence-corrected chi connectivity index (χ4v) is 1.49. The van der Waals surface area contributed by atoms with Gasteiger partial charge in [0.15, 0.2) is 0 Å². The fourth-order valence-electron chi connectivity index (χ4n) is 1.49. The minimum atomic E-state index is -0.991. The number of carbonyl (C=O) groups excluding carboxylic acids is 1. The third-order valence-corrected chi connectivity index (χ3v) is 3.04. The van der Waals surface area contributed by atoms with Crippen LogP contribution in [0.15, 0.2) is 18.2 Å². The molecule has 0 spiro atoms. The molecule has 0 heterocycles. The molecule has 0 radical (unpaired) electrons. The molecule has 0 aliphatic carbocycles. The van der Waals surface area contributed by atoms with Crippen LogP contribution in [0.5, 0.6) is 0 Å². The van der Waals surface area contributed by atoms with Crippen LogP contribution in [0.2, 0.25) is 0 Å². The van der Waals surface area contributed by atoms with Crippen molar-refractivity contribution in [2.45, 2.75) is 25.9 Å². The van der Waals surface area contributed by atoms with E-state index < -0.39 is 16.5 Å². The average molecular weight is 282 g/mol. The highest BCUT2D eigenvalue weighted by Gasteiger charge is 2.21. The van der Waals surface area contributed by atoms with Crippen LogP contribution in [0.25, 0.3) is 0 Å². The Morgan fingerprint density at radius 2 is 2.20 bits per heavy atom. The van der Waals surface area contributed by atoms with Gasteiger partial charge in [-0.05, 0) is 25.5 Å². The van der Waals surface area contributed by atoms with Crippen LogP contribution < -0.4 is 5.32 Å². The van der Waals surface area contributed by atoms with Gasteiger partial charge in [0.25, 0.3) is 5.69 Å². The highest BCUT2D eigenvalue weighted by molar-refractivity contribution is 5.91. The topological polar surface area (TPSA) is 102 Å². The van der Waals surface area contributed by atoms with Crippen molar-refractivity contribution >= 4 is 17.3 Å². The second-order valence-electron chi connectivity index (χ2n) is 4.68. The quantitative estimate of drug-likeness (QED) is 0.470. The van der Waals surface area contributed by atoms with Crippen LogP contribution in [-0.2, 0) is 4.74 Å². The van der Waals surface area contributed by atoms with Crippen LogP contribution in [-0.4, -0.2) is 35.3 Å². The van der Waals surface area contributed by atoms with E-state index in [1.54, 1.807) is 13.8 Å². The van der Waals surface area contributed by atoms with E-state index in [1.807, 2.05) is 0 Å². The summed E-state index contributed by atoms with van der Waals surface area (Å²) in [5.74, 6) is -0.579. The van der Waals surface area contributed by atoms with E-state index in [1.165, 1.54) is 25.3 Å². The van der Waals surface area contributed by atoms with E-state index in [9.17, 15) is 20.0 Å². The number of methoxy groups -OCH3 is 1. The lowest BCUT2D eigenvalue weighted by Crippen LogP contribution is -2.32. The molecule has 0 aliphatic rings. The Kier molecular flexibility index (Phi) is 5.04. The second kappa shape index (κ2) is 6.33. The molecule has 0 amide bonds. The maximum absolute atomic E-state index is 11.4. The summed E-state index contributed by atoms with van der Waals surface area (Å²) >= 11 is 0. The molecule has 7 nitrogen and oxygen atoms in total. The number of nitrogens with one attached hydrogen (secondary N) is 1. The summed E-state index contributed by atoms with van der Waals surface area (Å²) in [7, 11) is 1.23. The molecule has 0 saturated heterocycles. The summed E-state index contributed by atoms with van der Waals surface area (Å²) < 4.78 is 4.57. The smallest absolute Gasteiger partial charge is 0.337 e. The van der Waals surface area contributed by atoms with Gasteiger partial charge >= 0.3 is 5.97 Å². The van der Waals surface area contributed by atoms with Gasteiger partial charge in [-0.1, -0.05) is 6.92 Å². The number of nitro groups is 1. The predicted molar refractivity (Wildman–Crippen MR) is 73.8 cm³/mol. The van der Waals surface area contributed by atoms with Crippen molar-refractivity contribution in [3.8, 4) is 0 Å². The van der Waals surface area contributed by atoms with Gasteiger partial charge in [-0.3, -0.25) is 10.1 Å². The molecule has 0 aromatic heterocycles. The van der Waals surface area contributed by atoms with E-state index >= 15 is 0 Å². The maximum atomic E-state index is 11.4. The van der Waals surface area contributed by atoms with Gasteiger partial charge in [0.05, 0.1) is 23.2 Å². The van der Waals surface area contributed by atoms with Crippen molar-refractivity contribution in [1.29, 1.82) is 0 Å². The van der Waals surface area contributed by atoms with Gasteiger partial charge < -0.3 is 15.2 Å². The second-order valence-corrected chi connectivity index (χ2v) is 4.68. The molecule has 1 rings (SSSR count). The number of carbonyl (C=O) groups is 1. The zero-order chi connectivity index (χ0) is 15.3. The average Bonchev–Trinajstić information content (AvgIpc) is 2.43.